The number of hydrogen-bond donors (Lipinski definition) is 2. The van der Waals surface area contributed by atoms with Gasteiger partial charge < -0.3 is 10.6 Å². The third-order valence-electron chi connectivity index (χ3n) is 3.57. The van der Waals surface area contributed by atoms with Crippen LogP contribution in [-0.4, -0.2) is 41.9 Å². The van der Waals surface area contributed by atoms with Gasteiger partial charge in [-0.25, -0.2) is 0 Å². The van der Waals surface area contributed by atoms with Crippen molar-refractivity contribution >= 4 is 17.6 Å². The molecule has 1 saturated heterocycles. The Kier molecular flexibility index (Phi) is 5.12. The van der Waals surface area contributed by atoms with Crippen molar-refractivity contribution in [3.05, 3.63) is 0 Å². The minimum absolute atomic E-state index is 0.134. The molecule has 0 amide bonds. The molecule has 1 aliphatic rings. The Bertz CT molecular complexity index is 234. The van der Waals surface area contributed by atoms with Gasteiger partial charge in [0.1, 0.15) is 0 Å². The van der Waals surface area contributed by atoms with Crippen molar-refractivity contribution in [2.45, 2.75) is 39.2 Å². The standard InChI is InChI=1S/C12H25N3S/c1-12(2,11(13)14)6-4-7-15(3)10-5-8-16-9-10/h10H,4-9H2,1-3H3,(H3,13,14). The van der Waals surface area contributed by atoms with E-state index in [1.54, 1.807) is 0 Å². The van der Waals surface area contributed by atoms with Crippen molar-refractivity contribution in [2.24, 2.45) is 11.1 Å². The maximum Gasteiger partial charge on any atom is 0.0963 e. The van der Waals surface area contributed by atoms with Gasteiger partial charge in [-0.1, -0.05) is 13.8 Å². The van der Waals surface area contributed by atoms with E-state index in [0.717, 1.165) is 25.4 Å². The Labute approximate surface area is 104 Å². The van der Waals surface area contributed by atoms with E-state index < -0.39 is 0 Å². The number of nitrogens with one attached hydrogen (secondary N) is 1. The largest absolute Gasteiger partial charge is 0.387 e. The van der Waals surface area contributed by atoms with Crippen molar-refractivity contribution < 1.29 is 0 Å². The van der Waals surface area contributed by atoms with Crippen molar-refractivity contribution in [1.29, 1.82) is 5.41 Å². The maximum atomic E-state index is 7.51. The molecule has 0 aliphatic carbocycles. The fourth-order valence-corrected chi connectivity index (χ4v) is 3.26. The highest BCUT2D eigenvalue weighted by atomic mass is 32.2. The van der Waals surface area contributed by atoms with Crippen LogP contribution < -0.4 is 5.73 Å². The van der Waals surface area contributed by atoms with Crippen LogP contribution in [0.5, 0.6) is 0 Å². The molecule has 1 fully saturated rings. The highest BCUT2D eigenvalue weighted by molar-refractivity contribution is 7.99. The first-order chi connectivity index (χ1) is 7.43. The number of hydrogen-bond acceptors (Lipinski definition) is 3. The highest BCUT2D eigenvalue weighted by Crippen LogP contribution is 2.24. The van der Waals surface area contributed by atoms with Crippen LogP contribution in [-0.2, 0) is 0 Å². The van der Waals surface area contributed by atoms with Gasteiger partial charge in [-0.05, 0) is 38.6 Å². The van der Waals surface area contributed by atoms with Crippen molar-refractivity contribution in [2.75, 3.05) is 25.1 Å². The molecule has 0 aromatic heterocycles. The molecule has 1 unspecified atom stereocenters. The number of nitrogens with two attached hydrogens (primary N) is 1. The molecule has 0 saturated carbocycles. The molecule has 0 aromatic rings. The second-order valence-electron chi connectivity index (χ2n) is 5.40. The summed E-state index contributed by atoms with van der Waals surface area (Å²) in [5.74, 6) is 2.91. The zero-order valence-electron chi connectivity index (χ0n) is 10.8. The van der Waals surface area contributed by atoms with Crippen molar-refractivity contribution in [3.8, 4) is 0 Å². The van der Waals surface area contributed by atoms with E-state index in [2.05, 4.69) is 37.6 Å². The summed E-state index contributed by atoms with van der Waals surface area (Å²) in [6.45, 7) is 5.24. The first-order valence-corrected chi connectivity index (χ1v) is 7.21. The molecule has 94 valence electrons. The predicted molar refractivity (Wildman–Crippen MR) is 73.3 cm³/mol. The van der Waals surface area contributed by atoms with Crippen LogP contribution in [0.2, 0.25) is 0 Å². The molecule has 1 rings (SSSR count). The van der Waals surface area contributed by atoms with Crippen molar-refractivity contribution in [3.63, 3.8) is 0 Å². The van der Waals surface area contributed by atoms with E-state index in [9.17, 15) is 0 Å². The van der Waals surface area contributed by atoms with Gasteiger partial charge in [0.15, 0.2) is 0 Å². The van der Waals surface area contributed by atoms with Crippen LogP contribution in [0.4, 0.5) is 0 Å². The quantitative estimate of drug-likeness (QED) is 0.555. The average molecular weight is 243 g/mol. The fraction of sp³-hybridized carbons (Fsp3) is 0.917. The minimum Gasteiger partial charge on any atom is -0.387 e. The van der Waals surface area contributed by atoms with Crippen LogP contribution in [0, 0.1) is 10.8 Å². The SMILES string of the molecule is CN(CCCC(C)(C)C(=N)N)C1CCSC1. The third kappa shape index (κ3) is 3.98. The summed E-state index contributed by atoms with van der Waals surface area (Å²) < 4.78 is 0. The molecule has 1 atom stereocenters. The highest BCUT2D eigenvalue weighted by Gasteiger charge is 2.23. The van der Waals surface area contributed by atoms with E-state index in [4.69, 9.17) is 11.1 Å². The Hall–Kier alpha value is -0.220. The van der Waals surface area contributed by atoms with Gasteiger partial charge in [0, 0.05) is 17.2 Å². The van der Waals surface area contributed by atoms with Gasteiger partial charge in [-0.3, -0.25) is 5.41 Å². The van der Waals surface area contributed by atoms with E-state index >= 15 is 0 Å². The van der Waals surface area contributed by atoms with Crippen LogP contribution in [0.25, 0.3) is 0 Å². The molecule has 1 heterocycles. The Balaban J connectivity index is 2.21. The number of rotatable bonds is 6. The summed E-state index contributed by atoms with van der Waals surface area (Å²) in [6.07, 6.45) is 3.47. The molecule has 0 bridgehead atoms. The summed E-state index contributed by atoms with van der Waals surface area (Å²) >= 11 is 2.06. The monoisotopic (exact) mass is 243 g/mol. The molecule has 0 aromatic carbocycles. The van der Waals surface area contributed by atoms with Gasteiger partial charge in [-0.2, -0.15) is 11.8 Å². The topological polar surface area (TPSA) is 53.1 Å². The molecule has 3 N–H and O–H groups in total. The van der Waals surface area contributed by atoms with Crippen LogP contribution in [0.1, 0.15) is 33.1 Å². The lowest BCUT2D eigenvalue weighted by Gasteiger charge is -2.27. The smallest absolute Gasteiger partial charge is 0.0963 e. The Morgan fingerprint density at radius 3 is 2.75 bits per heavy atom. The van der Waals surface area contributed by atoms with Gasteiger partial charge in [0.05, 0.1) is 5.84 Å². The molecule has 3 nitrogen and oxygen atoms in total. The first kappa shape index (κ1) is 13.8. The number of thioether (sulfide) groups is 1. The zero-order valence-corrected chi connectivity index (χ0v) is 11.6. The van der Waals surface area contributed by atoms with E-state index in [1.165, 1.54) is 17.9 Å². The van der Waals surface area contributed by atoms with E-state index in [1.807, 2.05) is 0 Å². The number of nitrogens with zero attached hydrogens (tertiary/aromatic N) is 1. The van der Waals surface area contributed by atoms with E-state index in [0.29, 0.717) is 5.84 Å². The normalized spacial score (nSPS) is 21.6. The van der Waals surface area contributed by atoms with Gasteiger partial charge >= 0.3 is 0 Å². The van der Waals surface area contributed by atoms with Crippen LogP contribution >= 0.6 is 11.8 Å². The van der Waals surface area contributed by atoms with Crippen LogP contribution in [0.15, 0.2) is 0 Å². The second kappa shape index (κ2) is 5.92. The van der Waals surface area contributed by atoms with Gasteiger partial charge in [-0.15, -0.1) is 0 Å². The second-order valence-corrected chi connectivity index (χ2v) is 6.55. The molecule has 4 heteroatoms. The van der Waals surface area contributed by atoms with Gasteiger partial charge in [0.2, 0.25) is 0 Å². The summed E-state index contributed by atoms with van der Waals surface area (Å²) in [6, 6.07) is 0.769. The molecular weight excluding hydrogens is 218 g/mol. The molecule has 1 aliphatic heterocycles. The molecule has 16 heavy (non-hydrogen) atoms. The maximum absolute atomic E-state index is 7.51. The summed E-state index contributed by atoms with van der Waals surface area (Å²) in [5, 5.41) is 7.51. The molecule has 0 radical (unpaired) electrons. The number of amidine groups is 1. The third-order valence-corrected chi connectivity index (χ3v) is 4.72. The summed E-state index contributed by atoms with van der Waals surface area (Å²) in [7, 11) is 2.22. The average Bonchev–Trinajstić information content (AvgIpc) is 2.69. The minimum atomic E-state index is -0.134. The zero-order chi connectivity index (χ0) is 12.2. The fourth-order valence-electron chi connectivity index (χ4n) is 1.96. The predicted octanol–water partition coefficient (Wildman–Crippen LogP) is 2.17. The van der Waals surface area contributed by atoms with E-state index in [-0.39, 0.29) is 5.41 Å². The summed E-state index contributed by atoms with van der Waals surface area (Å²) in [5.41, 5.74) is 5.44. The molecule has 0 spiro atoms. The lowest BCUT2D eigenvalue weighted by Crippen LogP contribution is -2.35. The lowest BCUT2D eigenvalue weighted by molar-refractivity contribution is 0.248. The van der Waals surface area contributed by atoms with Crippen molar-refractivity contribution in [1.82, 2.24) is 4.90 Å². The van der Waals surface area contributed by atoms with Crippen LogP contribution in [0.3, 0.4) is 0 Å². The molecular formula is C12H25N3S. The first-order valence-electron chi connectivity index (χ1n) is 6.06. The lowest BCUT2D eigenvalue weighted by atomic mass is 9.86. The summed E-state index contributed by atoms with van der Waals surface area (Å²) in [4.78, 5) is 2.47. The van der Waals surface area contributed by atoms with Gasteiger partial charge in [0.25, 0.3) is 0 Å². The Morgan fingerprint density at radius 2 is 2.25 bits per heavy atom. The Morgan fingerprint density at radius 1 is 1.56 bits per heavy atom.